The van der Waals surface area contributed by atoms with Crippen molar-refractivity contribution in [3.05, 3.63) is 34.3 Å². The molecule has 0 spiro atoms. The molecular weight excluding hydrogens is 352 g/mol. The first-order valence-corrected chi connectivity index (χ1v) is 9.38. The second kappa shape index (κ2) is 9.76. The van der Waals surface area contributed by atoms with Gasteiger partial charge in [0.2, 0.25) is 0 Å². The van der Waals surface area contributed by atoms with E-state index in [9.17, 15) is 4.79 Å². The molecule has 0 unspecified atom stereocenters. The van der Waals surface area contributed by atoms with Crippen LogP contribution in [0.25, 0.3) is 0 Å². The highest BCUT2D eigenvalue weighted by Crippen LogP contribution is 2.28. The van der Waals surface area contributed by atoms with Crippen LogP contribution >= 0.6 is 11.3 Å². The summed E-state index contributed by atoms with van der Waals surface area (Å²) >= 11 is 1.16. The van der Waals surface area contributed by atoms with Crippen LogP contribution in [0.3, 0.4) is 0 Å². The summed E-state index contributed by atoms with van der Waals surface area (Å²) < 4.78 is 11.3. The number of amides is 1. The molecule has 0 atom stereocenters. The van der Waals surface area contributed by atoms with E-state index in [1.807, 2.05) is 39.0 Å². The number of thiazole rings is 1. The predicted molar refractivity (Wildman–Crippen MR) is 104 cm³/mol. The molecule has 0 fully saturated rings. The molecule has 8 heteroatoms. The molecule has 2 rings (SSSR count). The number of nitrogens with two attached hydrogens (primary N) is 1. The van der Waals surface area contributed by atoms with Crippen molar-refractivity contribution in [1.82, 2.24) is 10.4 Å². The minimum atomic E-state index is -0.319. The molecule has 0 aliphatic heterocycles. The van der Waals surface area contributed by atoms with Gasteiger partial charge in [0.05, 0.1) is 25.1 Å². The van der Waals surface area contributed by atoms with E-state index in [4.69, 9.17) is 15.2 Å². The molecule has 0 saturated heterocycles. The highest BCUT2D eigenvalue weighted by molar-refractivity contribution is 7.17. The van der Waals surface area contributed by atoms with Crippen molar-refractivity contribution < 1.29 is 14.3 Å². The summed E-state index contributed by atoms with van der Waals surface area (Å²) in [5, 5.41) is 4.39. The number of ether oxygens (including phenoxy) is 2. The van der Waals surface area contributed by atoms with Crippen LogP contribution in [0.2, 0.25) is 0 Å². The second-order valence-corrected chi connectivity index (χ2v) is 6.40. The summed E-state index contributed by atoms with van der Waals surface area (Å²) in [6.07, 6.45) is 3.11. The summed E-state index contributed by atoms with van der Waals surface area (Å²) in [7, 11) is 0. The lowest BCUT2D eigenvalue weighted by atomic mass is 10.2. The number of aryl methyl sites for hydroxylation is 1. The van der Waals surface area contributed by atoms with Crippen LogP contribution in [0.5, 0.6) is 11.5 Å². The van der Waals surface area contributed by atoms with Crippen molar-refractivity contribution in [2.24, 2.45) is 5.10 Å². The topological polar surface area (TPSA) is 98.8 Å². The first kappa shape index (κ1) is 19.7. The van der Waals surface area contributed by atoms with Gasteiger partial charge >= 0.3 is 0 Å². The molecule has 0 aliphatic rings. The van der Waals surface area contributed by atoms with E-state index in [1.165, 1.54) is 0 Å². The Labute approximate surface area is 157 Å². The maximum Gasteiger partial charge on any atom is 0.283 e. The largest absolute Gasteiger partial charge is 0.490 e. The molecule has 26 heavy (non-hydrogen) atoms. The normalized spacial score (nSPS) is 10.9. The third-order valence-electron chi connectivity index (χ3n) is 3.36. The monoisotopic (exact) mass is 376 g/mol. The molecule has 2 aromatic rings. The van der Waals surface area contributed by atoms with Crippen LogP contribution < -0.4 is 20.6 Å². The first-order valence-electron chi connectivity index (χ1n) is 8.57. The summed E-state index contributed by atoms with van der Waals surface area (Å²) in [6.45, 7) is 7.04. The van der Waals surface area contributed by atoms with Crippen molar-refractivity contribution in [3.8, 4) is 11.5 Å². The van der Waals surface area contributed by atoms with E-state index >= 15 is 0 Å². The van der Waals surface area contributed by atoms with Crippen LogP contribution in [-0.4, -0.2) is 30.3 Å². The van der Waals surface area contributed by atoms with Crippen LogP contribution in [0.15, 0.2) is 23.3 Å². The number of carbonyl (C=O) groups excluding carboxylic acids is 1. The number of rotatable bonds is 9. The van der Waals surface area contributed by atoms with E-state index < -0.39 is 0 Å². The Balaban J connectivity index is 2.07. The van der Waals surface area contributed by atoms with Gasteiger partial charge in [-0.15, -0.1) is 0 Å². The van der Waals surface area contributed by atoms with Gasteiger partial charge in [0.15, 0.2) is 16.6 Å². The maximum atomic E-state index is 12.2. The van der Waals surface area contributed by atoms with Gasteiger partial charge in [0.1, 0.15) is 4.88 Å². The third-order valence-corrected chi connectivity index (χ3v) is 4.29. The molecule has 0 radical (unpaired) electrons. The maximum absolute atomic E-state index is 12.2. The minimum Gasteiger partial charge on any atom is -0.490 e. The molecule has 1 amide bonds. The number of nitrogens with zero attached hydrogens (tertiary/aromatic N) is 2. The highest BCUT2D eigenvalue weighted by Gasteiger charge is 2.15. The quantitative estimate of drug-likeness (QED) is 0.517. The number of hydrazone groups is 1. The van der Waals surface area contributed by atoms with Crippen molar-refractivity contribution in [3.63, 3.8) is 0 Å². The zero-order valence-corrected chi connectivity index (χ0v) is 16.1. The molecule has 0 saturated carbocycles. The number of hydrogen-bond acceptors (Lipinski definition) is 7. The number of carbonyl (C=O) groups is 1. The molecule has 0 aliphatic carbocycles. The number of nitrogen functional groups attached to an aromatic ring is 1. The fourth-order valence-corrected chi connectivity index (χ4v) is 3.02. The molecule has 3 N–H and O–H groups in total. The van der Waals surface area contributed by atoms with E-state index in [1.54, 1.807) is 6.21 Å². The fraction of sp³-hybridized carbons (Fsp3) is 0.389. The lowest BCUT2D eigenvalue weighted by Gasteiger charge is -2.11. The Kier molecular flexibility index (Phi) is 7.40. The summed E-state index contributed by atoms with van der Waals surface area (Å²) in [6, 6.07) is 5.51. The lowest BCUT2D eigenvalue weighted by Crippen LogP contribution is -2.17. The number of anilines is 1. The summed E-state index contributed by atoms with van der Waals surface area (Å²) in [5.74, 6) is 1.03. The standard InChI is InChI=1S/C18H24N4O3S/c1-4-9-25-14-8-7-12(10-15(14)24-6-3)11-20-22-17(23)16-13(5-2)21-18(19)26-16/h7-8,10-11H,4-6,9H2,1-3H3,(H2,19,21)(H,22,23)/b20-11-. The fourth-order valence-electron chi connectivity index (χ4n) is 2.21. The van der Waals surface area contributed by atoms with Crippen molar-refractivity contribution in [2.45, 2.75) is 33.6 Å². The van der Waals surface area contributed by atoms with Gasteiger partial charge in [-0.2, -0.15) is 5.10 Å². The van der Waals surface area contributed by atoms with Crippen LogP contribution in [0.4, 0.5) is 5.13 Å². The van der Waals surface area contributed by atoms with Gasteiger partial charge < -0.3 is 15.2 Å². The molecular formula is C18H24N4O3S. The van der Waals surface area contributed by atoms with Gasteiger partial charge in [-0.25, -0.2) is 10.4 Å². The van der Waals surface area contributed by atoms with Crippen LogP contribution in [0.1, 0.15) is 48.1 Å². The molecule has 1 heterocycles. The zero-order valence-electron chi connectivity index (χ0n) is 15.2. The summed E-state index contributed by atoms with van der Waals surface area (Å²) in [4.78, 5) is 16.8. The predicted octanol–water partition coefficient (Wildman–Crippen LogP) is 3.24. The van der Waals surface area contributed by atoms with Crippen molar-refractivity contribution >= 4 is 28.6 Å². The number of nitrogens with one attached hydrogen (secondary N) is 1. The third kappa shape index (κ3) is 5.19. The van der Waals surface area contributed by atoms with Gasteiger partial charge in [-0.05, 0) is 43.5 Å². The first-order chi connectivity index (χ1) is 12.6. The van der Waals surface area contributed by atoms with E-state index in [0.717, 1.165) is 23.3 Å². The number of hydrogen-bond donors (Lipinski definition) is 2. The zero-order chi connectivity index (χ0) is 18.9. The number of benzene rings is 1. The van der Waals surface area contributed by atoms with Crippen LogP contribution in [0, 0.1) is 0 Å². The SMILES string of the molecule is CCCOc1ccc(/C=N\NC(=O)c2sc(N)nc2CC)cc1OCC. The van der Waals surface area contributed by atoms with E-state index in [2.05, 4.69) is 15.5 Å². The number of aromatic nitrogens is 1. The van der Waals surface area contributed by atoms with Crippen molar-refractivity contribution in [1.29, 1.82) is 0 Å². The molecule has 1 aromatic heterocycles. The molecule has 140 valence electrons. The van der Waals surface area contributed by atoms with E-state index in [-0.39, 0.29) is 5.91 Å². The minimum absolute atomic E-state index is 0.319. The van der Waals surface area contributed by atoms with Gasteiger partial charge in [0, 0.05) is 0 Å². The smallest absolute Gasteiger partial charge is 0.283 e. The average Bonchev–Trinajstić information content (AvgIpc) is 3.02. The van der Waals surface area contributed by atoms with Gasteiger partial charge in [-0.3, -0.25) is 4.79 Å². The highest BCUT2D eigenvalue weighted by atomic mass is 32.1. The Hall–Kier alpha value is -2.61. The Morgan fingerprint density at radius 3 is 2.81 bits per heavy atom. The second-order valence-electron chi connectivity index (χ2n) is 5.37. The van der Waals surface area contributed by atoms with Crippen LogP contribution in [-0.2, 0) is 6.42 Å². The average molecular weight is 376 g/mol. The molecule has 7 nitrogen and oxygen atoms in total. The Morgan fingerprint density at radius 1 is 1.31 bits per heavy atom. The van der Waals surface area contributed by atoms with Gasteiger partial charge in [0.25, 0.3) is 5.91 Å². The Bertz CT molecular complexity index is 774. The summed E-state index contributed by atoms with van der Waals surface area (Å²) in [5.41, 5.74) is 9.64. The van der Waals surface area contributed by atoms with Crippen molar-refractivity contribution in [2.75, 3.05) is 18.9 Å². The Morgan fingerprint density at radius 2 is 2.12 bits per heavy atom. The molecule has 1 aromatic carbocycles. The molecule has 0 bridgehead atoms. The van der Waals surface area contributed by atoms with E-state index in [0.29, 0.717) is 46.8 Å². The lowest BCUT2D eigenvalue weighted by molar-refractivity contribution is 0.0958. The van der Waals surface area contributed by atoms with Gasteiger partial charge in [-0.1, -0.05) is 25.2 Å².